The van der Waals surface area contributed by atoms with Crippen LogP contribution in [-0.4, -0.2) is 46.7 Å². The number of nitrogens with one attached hydrogen (secondary N) is 1. The molecule has 6 nitrogen and oxygen atoms in total. The lowest BCUT2D eigenvalue weighted by molar-refractivity contribution is -0.137. The molecule has 6 heteroatoms. The molecule has 2 fully saturated rings. The predicted molar refractivity (Wildman–Crippen MR) is 93.1 cm³/mol. The van der Waals surface area contributed by atoms with Gasteiger partial charge in [0.05, 0.1) is 6.54 Å². The first-order valence-electron chi connectivity index (χ1n) is 8.95. The smallest absolute Gasteiger partial charge is 0.325 e. The summed E-state index contributed by atoms with van der Waals surface area (Å²) in [6.45, 7) is 4.01. The minimum absolute atomic E-state index is 0.0270. The fourth-order valence-electron chi connectivity index (χ4n) is 4.09. The Bertz CT molecular complexity index is 624. The molecule has 1 aromatic rings. The number of ether oxygens (including phenoxy) is 1. The molecular formula is C19H26N2O4. The maximum atomic E-state index is 13.0. The SMILES string of the molecule is C[C@@H]1CCC[C@H](C)C12NC(=O)N(C[C@@H](O)COc1ccccc1)C2=O. The molecule has 136 valence electrons. The third-order valence-electron chi connectivity index (χ3n) is 5.57. The Morgan fingerprint density at radius 1 is 1.24 bits per heavy atom. The minimum Gasteiger partial charge on any atom is -0.491 e. The summed E-state index contributed by atoms with van der Waals surface area (Å²) in [5.74, 6) is 0.617. The highest BCUT2D eigenvalue weighted by Crippen LogP contribution is 2.42. The molecule has 0 radical (unpaired) electrons. The van der Waals surface area contributed by atoms with Crippen molar-refractivity contribution in [2.75, 3.05) is 13.2 Å². The number of carbonyl (C=O) groups is 2. The molecule has 1 saturated heterocycles. The van der Waals surface area contributed by atoms with E-state index in [1.165, 1.54) is 0 Å². The van der Waals surface area contributed by atoms with E-state index in [0.29, 0.717) is 5.75 Å². The van der Waals surface area contributed by atoms with Gasteiger partial charge in [0, 0.05) is 0 Å². The lowest BCUT2D eigenvalue weighted by Crippen LogP contribution is -2.59. The average Bonchev–Trinajstić information content (AvgIpc) is 2.85. The van der Waals surface area contributed by atoms with Crippen molar-refractivity contribution in [1.29, 1.82) is 0 Å². The first-order chi connectivity index (χ1) is 11.9. The molecule has 3 rings (SSSR count). The molecule has 25 heavy (non-hydrogen) atoms. The first-order valence-corrected chi connectivity index (χ1v) is 8.95. The van der Waals surface area contributed by atoms with Crippen molar-refractivity contribution in [2.24, 2.45) is 11.8 Å². The number of amides is 3. The van der Waals surface area contributed by atoms with Crippen LogP contribution in [0.1, 0.15) is 33.1 Å². The summed E-state index contributed by atoms with van der Waals surface area (Å²) in [5.41, 5.74) is -0.824. The zero-order valence-electron chi connectivity index (χ0n) is 14.8. The van der Waals surface area contributed by atoms with Gasteiger partial charge in [0.1, 0.15) is 24.0 Å². The van der Waals surface area contributed by atoms with E-state index in [0.717, 1.165) is 24.2 Å². The molecule has 0 bridgehead atoms. The highest BCUT2D eigenvalue weighted by atomic mass is 16.5. The van der Waals surface area contributed by atoms with Gasteiger partial charge >= 0.3 is 6.03 Å². The number of hydrogen-bond acceptors (Lipinski definition) is 4. The number of aliphatic hydroxyl groups excluding tert-OH is 1. The second-order valence-corrected chi connectivity index (χ2v) is 7.23. The Hall–Kier alpha value is -2.08. The molecule has 1 spiro atoms. The van der Waals surface area contributed by atoms with Crippen molar-refractivity contribution in [3.8, 4) is 5.75 Å². The van der Waals surface area contributed by atoms with E-state index in [9.17, 15) is 14.7 Å². The number of carbonyl (C=O) groups excluding carboxylic acids is 2. The van der Waals surface area contributed by atoms with Crippen LogP contribution in [0, 0.1) is 11.8 Å². The molecule has 0 aromatic heterocycles. The van der Waals surface area contributed by atoms with Crippen molar-refractivity contribution >= 4 is 11.9 Å². The zero-order valence-corrected chi connectivity index (χ0v) is 14.8. The number of para-hydroxylation sites is 1. The molecule has 4 atom stereocenters. The van der Waals surface area contributed by atoms with E-state index in [-0.39, 0.29) is 30.9 Å². The third kappa shape index (κ3) is 3.23. The van der Waals surface area contributed by atoms with Crippen LogP contribution in [0.25, 0.3) is 0 Å². The van der Waals surface area contributed by atoms with E-state index in [4.69, 9.17) is 4.74 Å². The first kappa shape index (κ1) is 17.7. The van der Waals surface area contributed by atoms with Crippen molar-refractivity contribution in [2.45, 2.75) is 44.8 Å². The standard InChI is InChI=1S/C19H26N2O4/c1-13-7-6-8-14(2)19(13)17(23)21(18(24)20-19)11-15(22)12-25-16-9-4-3-5-10-16/h3-5,9-10,13-15,22H,6-8,11-12H2,1-2H3,(H,20,24)/t13-,14+,15-,19?/m1/s1. The molecule has 2 N–H and O–H groups in total. The largest absolute Gasteiger partial charge is 0.491 e. The van der Waals surface area contributed by atoms with Gasteiger partial charge in [0.15, 0.2) is 0 Å². The summed E-state index contributed by atoms with van der Waals surface area (Å²) in [5, 5.41) is 13.2. The van der Waals surface area contributed by atoms with Crippen molar-refractivity contribution in [1.82, 2.24) is 10.2 Å². The fraction of sp³-hybridized carbons (Fsp3) is 0.579. The van der Waals surface area contributed by atoms with Gasteiger partial charge < -0.3 is 15.2 Å². The zero-order chi connectivity index (χ0) is 18.0. The number of β-amino-alcohol motifs (C(OH)–C–C–N with tert-alkyl or cyclic N) is 1. The van der Waals surface area contributed by atoms with Crippen LogP contribution in [-0.2, 0) is 4.79 Å². The summed E-state index contributed by atoms with van der Waals surface area (Å²) >= 11 is 0. The van der Waals surface area contributed by atoms with Gasteiger partial charge in [-0.15, -0.1) is 0 Å². The number of aliphatic hydroxyl groups is 1. The van der Waals surface area contributed by atoms with E-state index in [1.807, 2.05) is 32.0 Å². The van der Waals surface area contributed by atoms with Crippen LogP contribution in [0.15, 0.2) is 30.3 Å². The minimum atomic E-state index is -0.931. The van der Waals surface area contributed by atoms with Gasteiger partial charge in [-0.1, -0.05) is 38.5 Å². The molecule has 1 unspecified atom stereocenters. The van der Waals surface area contributed by atoms with Gasteiger partial charge in [-0.05, 0) is 36.8 Å². The predicted octanol–water partition coefficient (Wildman–Crippen LogP) is 2.17. The number of nitrogens with zero attached hydrogens (tertiary/aromatic N) is 1. The Balaban J connectivity index is 1.64. The topological polar surface area (TPSA) is 78.9 Å². The quantitative estimate of drug-likeness (QED) is 0.801. The fourth-order valence-corrected chi connectivity index (χ4v) is 4.09. The number of hydrogen-bond donors (Lipinski definition) is 2. The molecule has 2 aliphatic rings. The molecule has 1 aliphatic heterocycles. The maximum Gasteiger partial charge on any atom is 0.325 e. The van der Waals surface area contributed by atoms with Crippen molar-refractivity contribution in [3.63, 3.8) is 0 Å². The van der Waals surface area contributed by atoms with Gasteiger partial charge in [-0.25, -0.2) is 4.79 Å². The van der Waals surface area contributed by atoms with Crippen LogP contribution in [0.4, 0.5) is 4.79 Å². The molecule has 1 aliphatic carbocycles. The highest BCUT2D eigenvalue weighted by molar-refractivity contribution is 6.07. The Morgan fingerprint density at radius 3 is 2.52 bits per heavy atom. The number of urea groups is 1. The van der Waals surface area contributed by atoms with Crippen molar-refractivity contribution < 1.29 is 19.4 Å². The van der Waals surface area contributed by atoms with Crippen LogP contribution in [0.2, 0.25) is 0 Å². The van der Waals surface area contributed by atoms with Crippen LogP contribution < -0.4 is 10.1 Å². The Morgan fingerprint density at radius 2 is 1.88 bits per heavy atom. The molecule has 3 amide bonds. The van der Waals surface area contributed by atoms with Gasteiger partial charge in [-0.2, -0.15) is 0 Å². The highest BCUT2D eigenvalue weighted by Gasteiger charge is 2.58. The van der Waals surface area contributed by atoms with Gasteiger partial charge in [0.2, 0.25) is 0 Å². The monoisotopic (exact) mass is 346 g/mol. The average molecular weight is 346 g/mol. The van der Waals surface area contributed by atoms with E-state index >= 15 is 0 Å². The summed E-state index contributed by atoms with van der Waals surface area (Å²) < 4.78 is 5.51. The Labute approximate surface area is 148 Å². The molecule has 1 heterocycles. The lowest BCUT2D eigenvalue weighted by Gasteiger charge is -2.42. The third-order valence-corrected chi connectivity index (χ3v) is 5.57. The molecule has 1 aromatic carbocycles. The van der Waals surface area contributed by atoms with Crippen molar-refractivity contribution in [3.05, 3.63) is 30.3 Å². The molecular weight excluding hydrogens is 320 g/mol. The summed E-state index contributed by atoms with van der Waals surface area (Å²) in [7, 11) is 0. The van der Waals surface area contributed by atoms with Gasteiger partial charge in [-0.3, -0.25) is 9.69 Å². The molecule has 1 saturated carbocycles. The lowest BCUT2D eigenvalue weighted by atomic mass is 9.67. The van der Waals surface area contributed by atoms with Crippen LogP contribution in [0.3, 0.4) is 0 Å². The number of benzene rings is 1. The van der Waals surface area contributed by atoms with E-state index in [1.54, 1.807) is 12.1 Å². The summed E-state index contributed by atoms with van der Waals surface area (Å²) in [6.07, 6.45) is 1.98. The van der Waals surface area contributed by atoms with E-state index < -0.39 is 17.7 Å². The second-order valence-electron chi connectivity index (χ2n) is 7.23. The summed E-state index contributed by atoms with van der Waals surface area (Å²) in [4.78, 5) is 26.6. The number of rotatable bonds is 5. The number of imide groups is 1. The van der Waals surface area contributed by atoms with Crippen LogP contribution in [0.5, 0.6) is 5.75 Å². The van der Waals surface area contributed by atoms with Gasteiger partial charge in [0.25, 0.3) is 5.91 Å². The summed E-state index contributed by atoms with van der Waals surface area (Å²) in [6, 6.07) is 8.73. The maximum absolute atomic E-state index is 13.0. The Kier molecular flexibility index (Phi) is 4.99. The van der Waals surface area contributed by atoms with E-state index in [2.05, 4.69) is 5.32 Å². The normalized spacial score (nSPS) is 30.4. The van der Waals surface area contributed by atoms with Crippen LogP contribution >= 0.6 is 0 Å². The second kappa shape index (κ2) is 7.04.